The molecule has 0 spiro atoms. The van der Waals surface area contributed by atoms with Crippen LogP contribution in [0.2, 0.25) is 0 Å². The topological polar surface area (TPSA) is 112 Å². The molecule has 3 N–H and O–H groups in total. The third kappa shape index (κ3) is 4.65. The first-order valence-electron chi connectivity index (χ1n) is 11.9. The monoisotopic (exact) mass is 518 g/mol. The maximum Gasteiger partial charge on any atom is 0.271 e. The van der Waals surface area contributed by atoms with Gasteiger partial charge in [0.15, 0.2) is 11.6 Å². The van der Waals surface area contributed by atoms with Gasteiger partial charge in [0, 0.05) is 36.5 Å². The summed E-state index contributed by atoms with van der Waals surface area (Å²) >= 11 is 0. The fourth-order valence-corrected chi connectivity index (χ4v) is 4.40. The number of pyridine rings is 1. The summed E-state index contributed by atoms with van der Waals surface area (Å²) in [7, 11) is 4.60. The van der Waals surface area contributed by atoms with Crippen molar-refractivity contribution in [2.75, 3.05) is 38.5 Å². The molecule has 196 valence electrons. The molecule has 38 heavy (non-hydrogen) atoms. The van der Waals surface area contributed by atoms with Crippen LogP contribution in [0.3, 0.4) is 0 Å². The third-order valence-corrected chi connectivity index (χ3v) is 6.25. The van der Waals surface area contributed by atoms with Gasteiger partial charge in [-0.15, -0.1) is 0 Å². The van der Waals surface area contributed by atoms with Gasteiger partial charge in [0.1, 0.15) is 22.9 Å². The van der Waals surface area contributed by atoms with Crippen LogP contribution >= 0.6 is 0 Å². The van der Waals surface area contributed by atoms with Crippen LogP contribution in [0, 0.1) is 5.82 Å². The fraction of sp³-hybridized carbons (Fsp3) is 0.222. The number of aromatic nitrogens is 3. The average molecular weight is 519 g/mol. The number of ether oxygens (including phenoxy) is 3. The molecule has 0 saturated heterocycles. The van der Waals surface area contributed by atoms with Crippen LogP contribution in [0.5, 0.6) is 17.2 Å². The molecule has 0 bridgehead atoms. The number of carbonyl (C=O) groups is 1. The van der Waals surface area contributed by atoms with Crippen molar-refractivity contribution >= 4 is 23.0 Å². The third-order valence-electron chi connectivity index (χ3n) is 6.25. The zero-order valence-corrected chi connectivity index (χ0v) is 21.2. The van der Waals surface area contributed by atoms with Gasteiger partial charge < -0.3 is 30.2 Å². The molecule has 0 atom stereocenters. The highest BCUT2D eigenvalue weighted by Gasteiger charge is 2.29. The predicted octanol–water partition coefficient (Wildman–Crippen LogP) is 4.21. The second kappa shape index (κ2) is 10.7. The van der Waals surface area contributed by atoms with Gasteiger partial charge in [-0.2, -0.15) is 5.10 Å². The van der Waals surface area contributed by atoms with Crippen molar-refractivity contribution in [1.29, 1.82) is 0 Å². The van der Waals surface area contributed by atoms with Crippen molar-refractivity contribution in [3.05, 3.63) is 71.9 Å². The summed E-state index contributed by atoms with van der Waals surface area (Å²) in [5.74, 6) is 0.605. The number of methoxy groups -OCH3 is 3. The standard InChI is InChI=1S/C27H27FN6O4/c1-36-17-8-7-16(22(13-17)37-2)14-31-21-15-29-10-9-18(21)23-24(25-27(35)30-11-12-34(25)33-23)32-20-6-4-5-19(28)26(20)38-3/h4-10,13,15,31-32H,11-12,14H2,1-3H3,(H,30,35). The summed E-state index contributed by atoms with van der Waals surface area (Å²) in [4.78, 5) is 17.2. The molecule has 0 radical (unpaired) electrons. The molecular weight excluding hydrogens is 491 g/mol. The molecule has 1 aliphatic heterocycles. The highest BCUT2D eigenvalue weighted by Crippen LogP contribution is 2.40. The van der Waals surface area contributed by atoms with Crippen molar-refractivity contribution in [2.24, 2.45) is 0 Å². The summed E-state index contributed by atoms with van der Waals surface area (Å²) in [5.41, 5.74) is 3.97. The van der Waals surface area contributed by atoms with Crippen LogP contribution in [0.4, 0.5) is 21.5 Å². The molecule has 0 unspecified atom stereocenters. The largest absolute Gasteiger partial charge is 0.497 e. The van der Waals surface area contributed by atoms with Crippen LogP contribution in [0.25, 0.3) is 11.3 Å². The van der Waals surface area contributed by atoms with Crippen molar-refractivity contribution < 1.29 is 23.4 Å². The molecule has 0 aliphatic carbocycles. The molecule has 1 aliphatic rings. The number of amides is 1. The Labute approximate surface area is 218 Å². The van der Waals surface area contributed by atoms with E-state index in [-0.39, 0.29) is 11.7 Å². The van der Waals surface area contributed by atoms with Crippen LogP contribution in [0.1, 0.15) is 16.1 Å². The van der Waals surface area contributed by atoms with E-state index in [0.29, 0.717) is 65.1 Å². The van der Waals surface area contributed by atoms with Gasteiger partial charge >= 0.3 is 0 Å². The molecule has 0 fully saturated rings. The van der Waals surface area contributed by atoms with E-state index in [1.807, 2.05) is 24.3 Å². The zero-order valence-electron chi connectivity index (χ0n) is 21.2. The lowest BCUT2D eigenvalue weighted by Crippen LogP contribution is -2.35. The minimum Gasteiger partial charge on any atom is -0.497 e. The van der Waals surface area contributed by atoms with Crippen LogP contribution in [-0.2, 0) is 13.1 Å². The van der Waals surface area contributed by atoms with E-state index in [4.69, 9.17) is 19.3 Å². The van der Waals surface area contributed by atoms with Gasteiger partial charge in [0.25, 0.3) is 5.91 Å². The molecule has 3 heterocycles. The summed E-state index contributed by atoms with van der Waals surface area (Å²) in [6, 6.07) is 12.0. The van der Waals surface area contributed by atoms with E-state index in [1.165, 1.54) is 13.2 Å². The Morgan fingerprint density at radius 1 is 1.08 bits per heavy atom. The summed E-state index contributed by atoms with van der Waals surface area (Å²) < 4.78 is 32.2. The van der Waals surface area contributed by atoms with Crippen molar-refractivity contribution in [3.63, 3.8) is 0 Å². The van der Waals surface area contributed by atoms with E-state index in [1.54, 1.807) is 43.4 Å². The van der Waals surface area contributed by atoms with Gasteiger partial charge in [0.2, 0.25) is 0 Å². The molecule has 0 saturated carbocycles. The van der Waals surface area contributed by atoms with Crippen molar-refractivity contribution in [2.45, 2.75) is 13.1 Å². The number of para-hydroxylation sites is 1. The quantitative estimate of drug-likeness (QED) is 0.302. The number of nitrogens with one attached hydrogen (secondary N) is 3. The zero-order chi connectivity index (χ0) is 26.6. The molecule has 2 aromatic heterocycles. The second-order valence-corrected chi connectivity index (χ2v) is 8.45. The number of anilines is 3. The molecule has 2 aromatic carbocycles. The van der Waals surface area contributed by atoms with Crippen LogP contribution in [0.15, 0.2) is 54.9 Å². The van der Waals surface area contributed by atoms with E-state index < -0.39 is 5.82 Å². The van der Waals surface area contributed by atoms with Crippen LogP contribution in [-0.4, -0.2) is 48.5 Å². The summed E-state index contributed by atoms with van der Waals surface area (Å²) in [6.07, 6.45) is 3.34. The van der Waals surface area contributed by atoms with Gasteiger partial charge in [-0.1, -0.05) is 6.07 Å². The molecule has 10 nitrogen and oxygen atoms in total. The first kappa shape index (κ1) is 24.9. The van der Waals surface area contributed by atoms with E-state index >= 15 is 0 Å². The smallest absolute Gasteiger partial charge is 0.271 e. The number of carbonyl (C=O) groups excluding carboxylic acids is 1. The molecular formula is C27H27FN6O4. The fourth-order valence-electron chi connectivity index (χ4n) is 4.40. The molecule has 4 aromatic rings. The number of hydrogen-bond acceptors (Lipinski definition) is 8. The van der Waals surface area contributed by atoms with Crippen LogP contribution < -0.4 is 30.2 Å². The first-order valence-corrected chi connectivity index (χ1v) is 11.9. The minimum atomic E-state index is -0.524. The number of hydrogen-bond donors (Lipinski definition) is 3. The Hall–Kier alpha value is -4.80. The minimum absolute atomic E-state index is 0.0364. The summed E-state index contributed by atoms with van der Waals surface area (Å²) in [5, 5.41) is 14.2. The lowest BCUT2D eigenvalue weighted by Gasteiger charge is -2.17. The number of nitrogens with zero attached hydrogens (tertiary/aromatic N) is 3. The van der Waals surface area contributed by atoms with Crippen molar-refractivity contribution in [1.82, 2.24) is 20.1 Å². The maximum absolute atomic E-state index is 14.5. The van der Waals surface area contributed by atoms with Gasteiger partial charge in [-0.05, 0) is 30.3 Å². The van der Waals surface area contributed by atoms with E-state index in [2.05, 4.69) is 20.9 Å². The Balaban J connectivity index is 1.56. The first-order chi connectivity index (χ1) is 18.5. The molecule has 11 heteroatoms. The van der Waals surface area contributed by atoms with E-state index in [0.717, 1.165) is 5.56 Å². The molecule has 1 amide bonds. The highest BCUT2D eigenvalue weighted by atomic mass is 19.1. The SMILES string of the molecule is COc1ccc(CNc2cnccc2-c2nn3c(c2Nc2cccc(F)c2OC)C(=O)NCC3)c(OC)c1. The molecule has 5 rings (SSSR count). The highest BCUT2D eigenvalue weighted by molar-refractivity contribution is 6.04. The van der Waals surface area contributed by atoms with E-state index in [9.17, 15) is 9.18 Å². The van der Waals surface area contributed by atoms with Gasteiger partial charge in [-0.25, -0.2) is 4.39 Å². The number of fused-ring (bicyclic) bond motifs is 1. The Kier molecular flexibility index (Phi) is 6.98. The van der Waals surface area contributed by atoms with Crippen molar-refractivity contribution in [3.8, 4) is 28.5 Å². The maximum atomic E-state index is 14.5. The normalized spacial score (nSPS) is 12.4. The van der Waals surface area contributed by atoms with Gasteiger partial charge in [-0.3, -0.25) is 14.5 Å². The second-order valence-electron chi connectivity index (χ2n) is 8.45. The number of halogens is 1. The average Bonchev–Trinajstić information content (AvgIpc) is 3.31. The number of rotatable bonds is 9. The lowest BCUT2D eigenvalue weighted by molar-refractivity contribution is 0.0925. The summed E-state index contributed by atoms with van der Waals surface area (Å²) in [6.45, 7) is 1.38. The van der Waals surface area contributed by atoms with Gasteiger partial charge in [0.05, 0.1) is 51.1 Å². The Bertz CT molecular complexity index is 1490. The Morgan fingerprint density at radius 2 is 1.95 bits per heavy atom. The predicted molar refractivity (Wildman–Crippen MR) is 141 cm³/mol. The Morgan fingerprint density at radius 3 is 2.74 bits per heavy atom. The number of benzene rings is 2. The lowest BCUT2D eigenvalue weighted by atomic mass is 10.1.